The van der Waals surface area contributed by atoms with Crippen LogP contribution in [0.3, 0.4) is 0 Å². The molecule has 18 heteroatoms. The van der Waals surface area contributed by atoms with Crippen LogP contribution in [-0.2, 0) is 0 Å². The first-order valence-corrected chi connectivity index (χ1v) is 11.9. The Morgan fingerprint density at radius 1 is 0.650 bits per heavy atom. The Bertz CT molecular complexity index is 1260. The Kier molecular flexibility index (Phi) is 9.28. The summed E-state index contributed by atoms with van der Waals surface area (Å²) in [7, 11) is 0. The molecule has 1 N–H and O–H groups in total. The van der Waals surface area contributed by atoms with E-state index in [0.29, 0.717) is 24.2 Å². The minimum Gasteiger partial charge on any atom is -0.349 e. The molecule has 2 atom stereocenters. The highest BCUT2D eigenvalue weighted by Crippen LogP contribution is 2.28. The molecule has 2 aliphatic rings. The van der Waals surface area contributed by atoms with Gasteiger partial charge in [-0.25, -0.2) is 0 Å². The lowest BCUT2D eigenvalue weighted by Crippen LogP contribution is -2.38. The average molecular weight is 561 g/mol. The van der Waals surface area contributed by atoms with Crippen molar-refractivity contribution in [1.29, 1.82) is 0 Å². The van der Waals surface area contributed by atoms with Crippen molar-refractivity contribution in [2.75, 3.05) is 13.1 Å². The van der Waals surface area contributed by atoms with Crippen molar-refractivity contribution in [3.63, 3.8) is 0 Å². The van der Waals surface area contributed by atoms with Crippen LogP contribution in [0.4, 0.5) is 28.4 Å². The lowest BCUT2D eigenvalue weighted by Gasteiger charge is -2.23. The summed E-state index contributed by atoms with van der Waals surface area (Å²) in [4.78, 5) is 63.5. The molecule has 2 aliphatic heterocycles. The third-order valence-corrected chi connectivity index (χ3v) is 6.49. The van der Waals surface area contributed by atoms with Gasteiger partial charge in [-0.05, 0) is 45.2 Å². The van der Waals surface area contributed by atoms with E-state index in [1.165, 1.54) is 6.42 Å². The molecule has 2 aromatic carbocycles. The number of amides is 1. The van der Waals surface area contributed by atoms with Gasteiger partial charge < -0.3 is 10.2 Å². The van der Waals surface area contributed by atoms with Gasteiger partial charge in [0.15, 0.2) is 0 Å². The SMILES string of the molecule is O=C(N[C@@H]1CCCN2CCC[C@@H]2C1)c1cc([N+](=O)[O-])cc([N+](=O)[O-])c1.O=[N+]([O-])c1cc([N+](=O)[O-])cc([N+](=O)[O-])c1. The van der Waals surface area contributed by atoms with Gasteiger partial charge in [-0.15, -0.1) is 0 Å². The minimum absolute atomic E-state index is 0.0149. The monoisotopic (exact) mass is 561 g/mol. The number of hydrogen-bond donors (Lipinski definition) is 1. The Hall–Kier alpha value is -5.13. The second kappa shape index (κ2) is 12.6. The first-order valence-electron chi connectivity index (χ1n) is 11.9. The van der Waals surface area contributed by atoms with E-state index in [1.54, 1.807) is 0 Å². The summed E-state index contributed by atoms with van der Waals surface area (Å²) in [5.41, 5.74) is -3.01. The zero-order valence-corrected chi connectivity index (χ0v) is 20.7. The summed E-state index contributed by atoms with van der Waals surface area (Å²) in [5, 5.41) is 55.8. The Labute approximate surface area is 224 Å². The number of nitrogens with zero attached hydrogens (tertiary/aromatic N) is 6. The van der Waals surface area contributed by atoms with E-state index in [0.717, 1.165) is 57.0 Å². The number of rotatable bonds is 7. The molecule has 1 amide bonds. The summed E-state index contributed by atoms with van der Waals surface area (Å²) < 4.78 is 0. The highest BCUT2D eigenvalue weighted by atomic mass is 16.6. The van der Waals surface area contributed by atoms with Crippen molar-refractivity contribution in [2.45, 2.75) is 44.2 Å². The molecule has 212 valence electrons. The molecule has 0 unspecified atom stereocenters. The summed E-state index contributed by atoms with van der Waals surface area (Å²) >= 11 is 0. The first kappa shape index (κ1) is 29.4. The van der Waals surface area contributed by atoms with Gasteiger partial charge in [0.2, 0.25) is 0 Å². The normalized spacial score (nSPS) is 18.3. The molecule has 0 spiro atoms. The van der Waals surface area contributed by atoms with Gasteiger partial charge in [-0.1, -0.05) is 0 Å². The lowest BCUT2D eigenvalue weighted by atomic mass is 10.0. The van der Waals surface area contributed by atoms with Gasteiger partial charge in [0.25, 0.3) is 34.3 Å². The van der Waals surface area contributed by atoms with Crippen LogP contribution in [0.2, 0.25) is 0 Å². The standard InChI is InChI=1S/C16H20N4O5.C6H3N3O6/c21-16(11-7-14(19(22)23)10-15(8-11)20(24)25)17-12-3-1-5-18-6-2-4-13(18)9-12;10-7(11)4-1-5(8(12)13)3-6(2-4)9(14)15/h7-8,10,12-13H,1-6,9H2,(H,17,21);1-3H/t12-,13-;/m1./s1. The fourth-order valence-electron chi connectivity index (χ4n) is 4.68. The molecule has 4 rings (SSSR count). The Balaban J connectivity index is 0.000000252. The smallest absolute Gasteiger partial charge is 0.283 e. The highest BCUT2D eigenvalue weighted by molar-refractivity contribution is 5.95. The number of nitro groups is 5. The molecule has 0 radical (unpaired) electrons. The van der Waals surface area contributed by atoms with Crippen LogP contribution in [0.5, 0.6) is 0 Å². The molecule has 40 heavy (non-hydrogen) atoms. The molecule has 0 bridgehead atoms. The fourth-order valence-corrected chi connectivity index (χ4v) is 4.68. The Morgan fingerprint density at radius 3 is 1.43 bits per heavy atom. The van der Waals surface area contributed by atoms with Crippen molar-refractivity contribution in [3.05, 3.63) is 92.5 Å². The molecule has 0 aliphatic carbocycles. The zero-order valence-electron chi connectivity index (χ0n) is 20.7. The largest absolute Gasteiger partial charge is 0.349 e. The maximum Gasteiger partial charge on any atom is 0.283 e. The van der Waals surface area contributed by atoms with Crippen molar-refractivity contribution in [1.82, 2.24) is 10.2 Å². The summed E-state index contributed by atoms with van der Waals surface area (Å²) in [6.07, 6.45) is 4.96. The minimum atomic E-state index is -0.931. The number of hydrogen-bond acceptors (Lipinski definition) is 12. The molecule has 2 fully saturated rings. The van der Waals surface area contributed by atoms with Crippen LogP contribution in [0, 0.1) is 50.6 Å². The maximum atomic E-state index is 12.5. The lowest BCUT2D eigenvalue weighted by molar-refractivity contribution is -0.403. The third kappa shape index (κ3) is 7.47. The molecule has 2 aromatic rings. The molecule has 2 saturated heterocycles. The fraction of sp³-hybridized carbons (Fsp3) is 0.409. The number of benzene rings is 2. The van der Waals surface area contributed by atoms with E-state index in [1.807, 2.05) is 0 Å². The molecule has 18 nitrogen and oxygen atoms in total. The van der Waals surface area contributed by atoms with E-state index in [-0.39, 0.29) is 11.6 Å². The number of nitro benzene ring substituents is 5. The van der Waals surface area contributed by atoms with Crippen molar-refractivity contribution >= 4 is 34.3 Å². The molecular weight excluding hydrogens is 538 g/mol. The van der Waals surface area contributed by atoms with Gasteiger partial charge in [0.05, 0.1) is 54.4 Å². The van der Waals surface area contributed by atoms with Crippen LogP contribution in [-0.4, -0.2) is 60.6 Å². The van der Waals surface area contributed by atoms with Crippen molar-refractivity contribution in [2.24, 2.45) is 0 Å². The van der Waals surface area contributed by atoms with Crippen LogP contribution in [0.25, 0.3) is 0 Å². The quantitative estimate of drug-likeness (QED) is 0.375. The second-order valence-electron chi connectivity index (χ2n) is 9.11. The molecule has 0 saturated carbocycles. The topological polar surface area (TPSA) is 248 Å². The van der Waals surface area contributed by atoms with E-state index in [4.69, 9.17) is 0 Å². The van der Waals surface area contributed by atoms with E-state index < -0.39 is 59.0 Å². The van der Waals surface area contributed by atoms with E-state index >= 15 is 0 Å². The van der Waals surface area contributed by atoms with Gasteiger partial charge >= 0.3 is 0 Å². The van der Waals surface area contributed by atoms with Crippen LogP contribution in [0.15, 0.2) is 36.4 Å². The Morgan fingerprint density at radius 2 is 1.02 bits per heavy atom. The average Bonchev–Trinajstić information content (AvgIpc) is 3.25. The second-order valence-corrected chi connectivity index (χ2v) is 9.11. The van der Waals surface area contributed by atoms with Crippen molar-refractivity contribution < 1.29 is 29.4 Å². The van der Waals surface area contributed by atoms with Gasteiger partial charge in [-0.3, -0.25) is 55.4 Å². The number of carbonyl (C=O) groups excluding carboxylic acids is 1. The van der Waals surface area contributed by atoms with E-state index in [9.17, 15) is 55.4 Å². The van der Waals surface area contributed by atoms with Gasteiger partial charge in [0, 0.05) is 24.2 Å². The number of carbonyl (C=O) groups is 1. The van der Waals surface area contributed by atoms with Crippen LogP contribution < -0.4 is 5.32 Å². The van der Waals surface area contributed by atoms with Crippen molar-refractivity contribution in [3.8, 4) is 0 Å². The van der Waals surface area contributed by atoms with Gasteiger partial charge in [0.1, 0.15) is 0 Å². The predicted molar refractivity (Wildman–Crippen MR) is 136 cm³/mol. The third-order valence-electron chi connectivity index (χ3n) is 6.49. The van der Waals surface area contributed by atoms with Gasteiger partial charge in [-0.2, -0.15) is 0 Å². The molecular formula is C22H23N7O11. The first-order chi connectivity index (χ1) is 18.8. The summed E-state index contributed by atoms with van der Waals surface area (Å²) in [5.74, 6) is -0.497. The van der Waals surface area contributed by atoms with Crippen LogP contribution in [0.1, 0.15) is 42.5 Å². The predicted octanol–water partition coefficient (Wildman–Crippen LogP) is 3.66. The van der Waals surface area contributed by atoms with E-state index in [2.05, 4.69) is 10.2 Å². The molecule has 2 heterocycles. The molecule has 0 aromatic heterocycles. The highest BCUT2D eigenvalue weighted by Gasteiger charge is 2.31. The number of fused-ring (bicyclic) bond motifs is 1. The summed E-state index contributed by atoms with van der Waals surface area (Å²) in [6.45, 7) is 2.13. The summed E-state index contributed by atoms with van der Waals surface area (Å²) in [6, 6.07) is 5.46. The number of nitrogens with one attached hydrogen (secondary N) is 1. The number of non-ortho nitro benzene ring substituents is 5. The maximum absolute atomic E-state index is 12.5. The van der Waals surface area contributed by atoms with Crippen LogP contribution >= 0.6 is 0 Å². The zero-order chi connectivity index (χ0) is 29.6.